The van der Waals surface area contributed by atoms with Gasteiger partial charge in [-0.15, -0.1) is 0 Å². The molecule has 1 aromatic heterocycles. The van der Waals surface area contributed by atoms with E-state index in [-0.39, 0.29) is 0 Å². The lowest BCUT2D eigenvalue weighted by Gasteiger charge is -2.11. The normalized spacial score (nSPS) is 10.3. The van der Waals surface area contributed by atoms with Gasteiger partial charge in [0.25, 0.3) is 0 Å². The number of hydrogen-bond donors (Lipinski definition) is 2. The molecule has 0 saturated carbocycles. The maximum atomic E-state index is 5.88. The molecule has 0 unspecified atom stereocenters. The molecule has 0 aliphatic rings. The van der Waals surface area contributed by atoms with Crippen molar-refractivity contribution in [3.05, 3.63) is 43.9 Å². The van der Waals surface area contributed by atoms with Gasteiger partial charge in [0, 0.05) is 19.6 Å². The van der Waals surface area contributed by atoms with E-state index in [4.69, 9.17) is 5.73 Å². The number of rotatable bonds is 2. The van der Waals surface area contributed by atoms with Gasteiger partial charge in [0.1, 0.15) is 0 Å². The summed E-state index contributed by atoms with van der Waals surface area (Å²) in [5.74, 6) is 0.626. The van der Waals surface area contributed by atoms with Crippen LogP contribution in [0.25, 0.3) is 0 Å². The van der Waals surface area contributed by atoms with Crippen LogP contribution in [-0.4, -0.2) is 4.98 Å². The molecule has 0 amide bonds. The first-order chi connectivity index (χ1) is 8.08. The van der Waals surface area contributed by atoms with Crippen LogP contribution < -0.4 is 11.1 Å². The molecule has 1 heterocycles. The van der Waals surface area contributed by atoms with Crippen molar-refractivity contribution < 1.29 is 0 Å². The van der Waals surface area contributed by atoms with Crippen molar-refractivity contribution in [2.75, 3.05) is 11.1 Å². The van der Waals surface area contributed by atoms with Crippen molar-refractivity contribution in [3.8, 4) is 0 Å². The van der Waals surface area contributed by atoms with Gasteiger partial charge in [-0.2, -0.15) is 0 Å². The first-order valence-corrected chi connectivity index (χ1v) is 7.08. The molecule has 0 bridgehead atoms. The zero-order chi connectivity index (χ0) is 12.4. The Kier molecular flexibility index (Phi) is 4.06. The third-order valence-corrected chi connectivity index (χ3v) is 3.85. The van der Waals surface area contributed by atoms with E-state index >= 15 is 0 Å². The Bertz CT molecular complexity index is 537. The Labute approximate surface area is 124 Å². The number of benzene rings is 1. The molecule has 3 N–H and O–H groups in total. The summed E-state index contributed by atoms with van der Waals surface area (Å²) in [5, 5.41) is 3.19. The molecule has 2 rings (SSSR count). The van der Waals surface area contributed by atoms with Crippen LogP contribution in [0.3, 0.4) is 0 Å². The largest absolute Gasteiger partial charge is 0.396 e. The Morgan fingerprint density at radius 3 is 2.35 bits per heavy atom. The first-order valence-electron chi connectivity index (χ1n) is 4.70. The van der Waals surface area contributed by atoms with Crippen LogP contribution in [0, 0.1) is 0 Å². The summed E-state index contributed by atoms with van der Waals surface area (Å²) in [6.07, 6.45) is 1.70. The number of nitrogens with zero attached hydrogens (tertiary/aromatic N) is 1. The van der Waals surface area contributed by atoms with Gasteiger partial charge >= 0.3 is 0 Å². The van der Waals surface area contributed by atoms with Gasteiger partial charge < -0.3 is 11.1 Å². The zero-order valence-electron chi connectivity index (χ0n) is 8.55. The highest BCUT2D eigenvalue weighted by molar-refractivity contribution is 9.11. The smallest absolute Gasteiger partial charge is 0.153 e. The predicted octanol–water partition coefficient (Wildman–Crippen LogP) is 4.69. The number of nitrogen functional groups attached to an aromatic ring is 1. The molecule has 0 fully saturated rings. The lowest BCUT2D eigenvalue weighted by molar-refractivity contribution is 1.29. The molecule has 88 valence electrons. The molecule has 0 aliphatic carbocycles. The van der Waals surface area contributed by atoms with Crippen molar-refractivity contribution >= 4 is 65.0 Å². The Morgan fingerprint density at radius 2 is 1.76 bits per heavy atom. The summed E-state index contributed by atoms with van der Waals surface area (Å²) in [4.78, 5) is 4.23. The number of nitrogens with two attached hydrogens (primary N) is 1. The van der Waals surface area contributed by atoms with E-state index in [0.29, 0.717) is 11.5 Å². The van der Waals surface area contributed by atoms with Crippen LogP contribution in [0.5, 0.6) is 0 Å². The fourth-order valence-corrected chi connectivity index (χ4v) is 2.84. The van der Waals surface area contributed by atoms with Gasteiger partial charge in [-0.25, -0.2) is 4.98 Å². The topological polar surface area (TPSA) is 50.9 Å². The Hall–Kier alpha value is -0.590. The number of para-hydroxylation sites is 1. The van der Waals surface area contributed by atoms with Gasteiger partial charge in [-0.1, -0.05) is 6.07 Å². The van der Waals surface area contributed by atoms with E-state index in [0.717, 1.165) is 19.1 Å². The zero-order valence-corrected chi connectivity index (χ0v) is 13.3. The SMILES string of the molecule is Nc1cc(Br)cnc1Nc1c(Br)cccc1Br. The molecule has 0 atom stereocenters. The number of nitrogens with one attached hydrogen (secondary N) is 1. The van der Waals surface area contributed by atoms with Crippen molar-refractivity contribution in [2.24, 2.45) is 0 Å². The van der Waals surface area contributed by atoms with Crippen LogP contribution in [0.15, 0.2) is 43.9 Å². The highest BCUT2D eigenvalue weighted by Gasteiger charge is 2.08. The maximum Gasteiger partial charge on any atom is 0.153 e. The Balaban J connectivity index is 2.38. The summed E-state index contributed by atoms with van der Waals surface area (Å²) < 4.78 is 2.73. The summed E-state index contributed by atoms with van der Waals surface area (Å²) in [7, 11) is 0. The molecule has 2 aromatic rings. The molecule has 0 spiro atoms. The van der Waals surface area contributed by atoms with E-state index in [2.05, 4.69) is 58.1 Å². The molecular weight excluding hydrogens is 414 g/mol. The summed E-state index contributed by atoms with van der Waals surface area (Å²) in [5.41, 5.74) is 7.37. The summed E-state index contributed by atoms with van der Waals surface area (Å²) in [6, 6.07) is 7.64. The van der Waals surface area contributed by atoms with Crippen LogP contribution in [0.4, 0.5) is 17.2 Å². The minimum atomic E-state index is 0.585. The van der Waals surface area contributed by atoms with Crippen LogP contribution in [0.2, 0.25) is 0 Å². The Morgan fingerprint density at radius 1 is 1.12 bits per heavy atom. The van der Waals surface area contributed by atoms with Gasteiger partial charge in [0.05, 0.1) is 11.4 Å². The number of anilines is 3. The second-order valence-electron chi connectivity index (χ2n) is 3.31. The molecule has 1 aromatic carbocycles. The monoisotopic (exact) mass is 419 g/mol. The van der Waals surface area contributed by atoms with E-state index in [1.807, 2.05) is 18.2 Å². The molecule has 6 heteroatoms. The highest BCUT2D eigenvalue weighted by atomic mass is 79.9. The first kappa shape index (κ1) is 12.9. The highest BCUT2D eigenvalue weighted by Crippen LogP contribution is 2.34. The van der Waals surface area contributed by atoms with Crippen LogP contribution in [-0.2, 0) is 0 Å². The second kappa shape index (κ2) is 5.37. The number of pyridine rings is 1. The molecule has 17 heavy (non-hydrogen) atoms. The van der Waals surface area contributed by atoms with E-state index < -0.39 is 0 Å². The standard InChI is InChI=1S/C11H8Br3N3/c12-6-4-9(15)11(16-5-6)17-10-7(13)2-1-3-8(10)14/h1-5H,15H2,(H,16,17). The fourth-order valence-electron chi connectivity index (χ4n) is 1.30. The second-order valence-corrected chi connectivity index (χ2v) is 5.94. The third-order valence-electron chi connectivity index (χ3n) is 2.09. The molecule has 0 radical (unpaired) electrons. The lowest BCUT2D eigenvalue weighted by Crippen LogP contribution is -2.00. The third kappa shape index (κ3) is 3.00. The van der Waals surface area contributed by atoms with Gasteiger partial charge in [0.2, 0.25) is 0 Å². The quantitative estimate of drug-likeness (QED) is 0.739. The van der Waals surface area contributed by atoms with E-state index in [1.54, 1.807) is 12.3 Å². The summed E-state index contributed by atoms with van der Waals surface area (Å²) >= 11 is 10.3. The predicted molar refractivity (Wildman–Crippen MR) is 81.5 cm³/mol. The lowest BCUT2D eigenvalue weighted by atomic mass is 10.3. The van der Waals surface area contributed by atoms with Crippen molar-refractivity contribution in [1.82, 2.24) is 4.98 Å². The number of hydrogen-bond acceptors (Lipinski definition) is 3. The minimum absolute atomic E-state index is 0.585. The van der Waals surface area contributed by atoms with Gasteiger partial charge in [0.15, 0.2) is 5.82 Å². The van der Waals surface area contributed by atoms with Gasteiger partial charge in [-0.05, 0) is 66.0 Å². The molecular formula is C11H8Br3N3. The van der Waals surface area contributed by atoms with Gasteiger partial charge in [-0.3, -0.25) is 0 Å². The van der Waals surface area contributed by atoms with Crippen molar-refractivity contribution in [3.63, 3.8) is 0 Å². The van der Waals surface area contributed by atoms with E-state index in [9.17, 15) is 0 Å². The number of halogens is 3. The maximum absolute atomic E-state index is 5.88. The van der Waals surface area contributed by atoms with E-state index in [1.165, 1.54) is 0 Å². The molecule has 3 nitrogen and oxygen atoms in total. The fraction of sp³-hybridized carbons (Fsp3) is 0. The van der Waals surface area contributed by atoms with Crippen molar-refractivity contribution in [1.29, 1.82) is 0 Å². The van der Waals surface area contributed by atoms with Crippen LogP contribution in [0.1, 0.15) is 0 Å². The average molecular weight is 422 g/mol. The molecule has 0 saturated heterocycles. The average Bonchev–Trinajstić information content (AvgIpc) is 2.26. The molecule has 0 aliphatic heterocycles. The number of aromatic nitrogens is 1. The van der Waals surface area contributed by atoms with Crippen molar-refractivity contribution in [2.45, 2.75) is 0 Å². The van der Waals surface area contributed by atoms with Crippen LogP contribution >= 0.6 is 47.8 Å². The summed E-state index contributed by atoms with van der Waals surface area (Å²) in [6.45, 7) is 0. The minimum Gasteiger partial charge on any atom is -0.396 e.